The molecule has 0 radical (unpaired) electrons. The zero-order valence-electron chi connectivity index (χ0n) is 7.16. The monoisotopic (exact) mass is 197 g/mol. The Bertz CT molecular complexity index is 380. The van der Waals surface area contributed by atoms with Crippen LogP contribution in [0.15, 0.2) is 18.2 Å². The lowest BCUT2D eigenvalue weighted by Gasteiger charge is -2.24. The number of hydrogen-bond donors (Lipinski definition) is 2. The van der Waals surface area contributed by atoms with Crippen LogP contribution in [0.1, 0.15) is 0 Å². The van der Waals surface area contributed by atoms with Gasteiger partial charge in [-0.25, -0.2) is 9.18 Å². The van der Waals surface area contributed by atoms with Crippen molar-refractivity contribution >= 4 is 11.7 Å². The Morgan fingerprint density at radius 1 is 1.64 bits per heavy atom. The topological polar surface area (TPSA) is 58.6 Å². The first-order valence-electron chi connectivity index (χ1n) is 4.08. The molecule has 0 amide bonds. The molecular formula is C9H8FNO3. The molecular weight excluding hydrogens is 189 g/mol. The second-order valence-electron chi connectivity index (χ2n) is 2.99. The summed E-state index contributed by atoms with van der Waals surface area (Å²) in [6.45, 7) is 0.00574. The quantitative estimate of drug-likeness (QED) is 0.707. The smallest absolute Gasteiger partial charge is 0.329 e. The van der Waals surface area contributed by atoms with Gasteiger partial charge in [-0.1, -0.05) is 0 Å². The fourth-order valence-electron chi connectivity index (χ4n) is 1.27. The van der Waals surface area contributed by atoms with E-state index in [1.54, 1.807) is 0 Å². The van der Waals surface area contributed by atoms with E-state index in [-0.39, 0.29) is 6.61 Å². The number of benzene rings is 1. The van der Waals surface area contributed by atoms with Gasteiger partial charge in [-0.05, 0) is 12.1 Å². The number of anilines is 1. The Labute approximate surface area is 79.3 Å². The fourth-order valence-corrected chi connectivity index (χ4v) is 1.27. The third-order valence-corrected chi connectivity index (χ3v) is 1.98. The number of halogens is 1. The number of carboxylic acid groups (broad SMARTS) is 1. The summed E-state index contributed by atoms with van der Waals surface area (Å²) in [7, 11) is 0. The van der Waals surface area contributed by atoms with Crippen molar-refractivity contribution in [3.63, 3.8) is 0 Å². The third-order valence-electron chi connectivity index (χ3n) is 1.98. The molecule has 1 aromatic rings. The van der Waals surface area contributed by atoms with Crippen LogP contribution in [0.4, 0.5) is 10.1 Å². The van der Waals surface area contributed by atoms with Crippen LogP contribution in [0.25, 0.3) is 0 Å². The molecule has 14 heavy (non-hydrogen) atoms. The van der Waals surface area contributed by atoms with Gasteiger partial charge in [0.1, 0.15) is 18.2 Å². The number of carbonyl (C=O) groups is 1. The first-order chi connectivity index (χ1) is 6.66. The SMILES string of the molecule is O=C(O)C1COc2cc(F)ccc2N1. The van der Waals surface area contributed by atoms with Crippen LogP contribution in [0.3, 0.4) is 0 Å². The first kappa shape index (κ1) is 8.80. The fraction of sp³-hybridized carbons (Fsp3) is 0.222. The number of aliphatic carboxylic acids is 1. The minimum absolute atomic E-state index is 0.00574. The van der Waals surface area contributed by atoms with Crippen molar-refractivity contribution in [2.24, 2.45) is 0 Å². The third kappa shape index (κ3) is 1.48. The Morgan fingerprint density at radius 3 is 3.14 bits per heavy atom. The largest absolute Gasteiger partial charge is 0.489 e. The van der Waals surface area contributed by atoms with E-state index in [9.17, 15) is 9.18 Å². The highest BCUT2D eigenvalue weighted by Crippen LogP contribution is 2.29. The molecule has 0 saturated heterocycles. The van der Waals surface area contributed by atoms with Crippen molar-refractivity contribution in [3.8, 4) is 5.75 Å². The van der Waals surface area contributed by atoms with Gasteiger partial charge in [-0.3, -0.25) is 0 Å². The Hall–Kier alpha value is -1.78. The maximum absolute atomic E-state index is 12.7. The molecule has 2 N–H and O–H groups in total. The van der Waals surface area contributed by atoms with Crippen LogP contribution in [0.5, 0.6) is 5.75 Å². The summed E-state index contributed by atoms with van der Waals surface area (Å²) in [5.41, 5.74) is 0.505. The molecule has 1 heterocycles. The Balaban J connectivity index is 2.27. The van der Waals surface area contributed by atoms with Gasteiger partial charge in [0, 0.05) is 6.07 Å². The van der Waals surface area contributed by atoms with Crippen LogP contribution < -0.4 is 10.1 Å². The van der Waals surface area contributed by atoms with E-state index >= 15 is 0 Å². The number of ether oxygens (including phenoxy) is 1. The molecule has 1 aliphatic heterocycles. The Kier molecular flexibility index (Phi) is 1.99. The molecule has 0 aliphatic carbocycles. The van der Waals surface area contributed by atoms with E-state index in [2.05, 4.69) is 5.32 Å². The van der Waals surface area contributed by atoms with E-state index in [0.717, 1.165) is 0 Å². The number of carboxylic acids is 1. The molecule has 5 heteroatoms. The van der Waals surface area contributed by atoms with Crippen molar-refractivity contribution in [1.82, 2.24) is 0 Å². The van der Waals surface area contributed by atoms with Crippen LogP contribution in [0, 0.1) is 5.82 Å². The van der Waals surface area contributed by atoms with Gasteiger partial charge in [-0.15, -0.1) is 0 Å². The molecule has 4 nitrogen and oxygen atoms in total. The van der Waals surface area contributed by atoms with Gasteiger partial charge >= 0.3 is 5.97 Å². The predicted octanol–water partition coefficient (Wildman–Crippen LogP) is 1.08. The zero-order chi connectivity index (χ0) is 10.1. The number of hydrogen-bond acceptors (Lipinski definition) is 3. The molecule has 0 saturated carbocycles. The number of nitrogens with one attached hydrogen (secondary N) is 1. The van der Waals surface area contributed by atoms with Gasteiger partial charge in [0.2, 0.25) is 0 Å². The molecule has 1 unspecified atom stereocenters. The lowest BCUT2D eigenvalue weighted by Crippen LogP contribution is -2.38. The van der Waals surface area contributed by atoms with E-state index in [0.29, 0.717) is 11.4 Å². The number of fused-ring (bicyclic) bond motifs is 1. The van der Waals surface area contributed by atoms with E-state index in [1.807, 2.05) is 0 Å². The van der Waals surface area contributed by atoms with E-state index < -0.39 is 17.8 Å². The van der Waals surface area contributed by atoms with Gasteiger partial charge in [0.15, 0.2) is 6.04 Å². The molecule has 2 rings (SSSR count). The molecule has 0 fully saturated rings. The highest BCUT2D eigenvalue weighted by Gasteiger charge is 2.24. The van der Waals surface area contributed by atoms with Gasteiger partial charge in [0.05, 0.1) is 5.69 Å². The van der Waals surface area contributed by atoms with Crippen molar-refractivity contribution in [2.75, 3.05) is 11.9 Å². The van der Waals surface area contributed by atoms with Crippen LogP contribution >= 0.6 is 0 Å². The average Bonchev–Trinajstić information content (AvgIpc) is 2.16. The summed E-state index contributed by atoms with van der Waals surface area (Å²) in [5.74, 6) is -1.04. The highest BCUT2D eigenvalue weighted by atomic mass is 19.1. The maximum atomic E-state index is 12.7. The van der Waals surface area contributed by atoms with Gasteiger partial charge < -0.3 is 15.2 Å². The second-order valence-corrected chi connectivity index (χ2v) is 2.99. The molecule has 0 bridgehead atoms. The molecule has 0 aromatic heterocycles. The standard InChI is InChI=1S/C9H8FNO3/c10-5-1-2-6-8(3-5)14-4-7(11-6)9(12)13/h1-3,7,11H,4H2,(H,12,13). The maximum Gasteiger partial charge on any atom is 0.329 e. The zero-order valence-corrected chi connectivity index (χ0v) is 7.16. The van der Waals surface area contributed by atoms with Crippen molar-refractivity contribution < 1.29 is 19.0 Å². The normalized spacial score (nSPS) is 19.1. The first-order valence-corrected chi connectivity index (χ1v) is 4.08. The summed E-state index contributed by atoms with van der Waals surface area (Å²) in [5, 5.41) is 11.4. The van der Waals surface area contributed by atoms with E-state index in [4.69, 9.17) is 9.84 Å². The summed E-state index contributed by atoms with van der Waals surface area (Å²) in [4.78, 5) is 10.6. The minimum atomic E-state index is -0.986. The molecule has 74 valence electrons. The predicted molar refractivity (Wildman–Crippen MR) is 46.9 cm³/mol. The van der Waals surface area contributed by atoms with Crippen LogP contribution in [-0.4, -0.2) is 23.7 Å². The van der Waals surface area contributed by atoms with E-state index in [1.165, 1.54) is 18.2 Å². The minimum Gasteiger partial charge on any atom is -0.489 e. The van der Waals surface area contributed by atoms with Crippen molar-refractivity contribution in [1.29, 1.82) is 0 Å². The summed E-state index contributed by atoms with van der Waals surface area (Å²) < 4.78 is 17.8. The molecule has 1 aromatic carbocycles. The second kappa shape index (κ2) is 3.17. The van der Waals surface area contributed by atoms with Gasteiger partial charge in [-0.2, -0.15) is 0 Å². The lowest BCUT2D eigenvalue weighted by molar-refractivity contribution is -0.138. The van der Waals surface area contributed by atoms with Crippen LogP contribution in [-0.2, 0) is 4.79 Å². The summed E-state index contributed by atoms with van der Waals surface area (Å²) in [6.07, 6.45) is 0. The molecule has 0 spiro atoms. The molecule has 1 aliphatic rings. The average molecular weight is 197 g/mol. The van der Waals surface area contributed by atoms with Gasteiger partial charge in [0.25, 0.3) is 0 Å². The summed E-state index contributed by atoms with van der Waals surface area (Å²) >= 11 is 0. The van der Waals surface area contributed by atoms with Crippen molar-refractivity contribution in [3.05, 3.63) is 24.0 Å². The van der Waals surface area contributed by atoms with Crippen molar-refractivity contribution in [2.45, 2.75) is 6.04 Å². The van der Waals surface area contributed by atoms with Crippen LogP contribution in [0.2, 0.25) is 0 Å². The summed E-state index contributed by atoms with van der Waals surface area (Å²) in [6, 6.07) is 3.16. The Morgan fingerprint density at radius 2 is 2.43 bits per heavy atom. The highest BCUT2D eigenvalue weighted by molar-refractivity contribution is 5.79. The number of rotatable bonds is 1. The lowest BCUT2D eigenvalue weighted by atomic mass is 10.2. The molecule has 1 atom stereocenters.